The fourth-order valence-electron chi connectivity index (χ4n) is 2.03. The van der Waals surface area contributed by atoms with Gasteiger partial charge in [-0.1, -0.05) is 37.3 Å². The summed E-state index contributed by atoms with van der Waals surface area (Å²) in [6, 6.07) is 8.23. The standard InChI is InChI=1S/C15H22N2O3.ClH/c1-4-13(15(19)20-3)17(14(18)11(2)16)10-12-8-6-5-7-9-12;/h5-9,11,13H,4,10,16H2,1-3H3;1H/t11-,13+;/m0./s1. The summed E-state index contributed by atoms with van der Waals surface area (Å²) in [6.07, 6.45) is 0.484. The van der Waals surface area contributed by atoms with Crippen molar-refractivity contribution >= 4 is 24.3 Å². The number of halogens is 1. The molecule has 0 aliphatic rings. The molecule has 0 bridgehead atoms. The van der Waals surface area contributed by atoms with E-state index in [0.29, 0.717) is 13.0 Å². The first-order chi connectivity index (χ1) is 9.51. The number of nitrogens with zero attached hydrogens (tertiary/aromatic N) is 1. The van der Waals surface area contributed by atoms with Gasteiger partial charge in [0.15, 0.2) is 0 Å². The van der Waals surface area contributed by atoms with Crippen LogP contribution in [0.15, 0.2) is 30.3 Å². The first-order valence-corrected chi connectivity index (χ1v) is 6.69. The van der Waals surface area contributed by atoms with E-state index in [9.17, 15) is 9.59 Å². The first-order valence-electron chi connectivity index (χ1n) is 6.69. The normalized spacial score (nSPS) is 12.8. The van der Waals surface area contributed by atoms with Crippen LogP contribution in [0, 0.1) is 0 Å². The highest BCUT2D eigenvalue weighted by Crippen LogP contribution is 2.13. The molecule has 1 amide bonds. The van der Waals surface area contributed by atoms with Gasteiger partial charge < -0.3 is 15.4 Å². The summed E-state index contributed by atoms with van der Waals surface area (Å²) in [5.41, 5.74) is 6.63. The first kappa shape index (κ1) is 19.4. The van der Waals surface area contributed by atoms with E-state index in [1.54, 1.807) is 6.92 Å². The molecular weight excluding hydrogens is 292 g/mol. The number of nitrogens with two attached hydrogens (primary N) is 1. The van der Waals surface area contributed by atoms with Crippen LogP contribution in [0.2, 0.25) is 0 Å². The van der Waals surface area contributed by atoms with Crippen LogP contribution in [0.25, 0.3) is 0 Å². The van der Waals surface area contributed by atoms with Gasteiger partial charge in [0.25, 0.3) is 0 Å². The summed E-state index contributed by atoms with van der Waals surface area (Å²) in [6.45, 7) is 3.80. The summed E-state index contributed by atoms with van der Waals surface area (Å²) < 4.78 is 4.78. The van der Waals surface area contributed by atoms with E-state index >= 15 is 0 Å². The van der Waals surface area contributed by atoms with Gasteiger partial charge in [-0.05, 0) is 18.9 Å². The van der Waals surface area contributed by atoms with Crippen molar-refractivity contribution in [2.75, 3.05) is 7.11 Å². The lowest BCUT2D eigenvalue weighted by molar-refractivity contribution is -0.154. The number of amides is 1. The van der Waals surface area contributed by atoms with Crippen molar-refractivity contribution in [2.45, 2.75) is 38.9 Å². The number of hydrogen-bond donors (Lipinski definition) is 1. The molecule has 0 fully saturated rings. The summed E-state index contributed by atoms with van der Waals surface area (Å²) in [7, 11) is 1.32. The van der Waals surface area contributed by atoms with Crippen LogP contribution >= 0.6 is 12.4 Å². The largest absolute Gasteiger partial charge is 0.467 e. The molecule has 1 aromatic rings. The van der Waals surface area contributed by atoms with Crippen LogP contribution in [0.3, 0.4) is 0 Å². The third-order valence-electron chi connectivity index (χ3n) is 3.10. The molecule has 0 radical (unpaired) electrons. The Kier molecular flexibility index (Phi) is 8.66. The smallest absolute Gasteiger partial charge is 0.328 e. The predicted molar refractivity (Wildman–Crippen MR) is 84.0 cm³/mol. The Morgan fingerprint density at radius 1 is 1.29 bits per heavy atom. The van der Waals surface area contributed by atoms with Crippen LogP contribution in [0.1, 0.15) is 25.8 Å². The fourth-order valence-corrected chi connectivity index (χ4v) is 2.03. The van der Waals surface area contributed by atoms with Crippen molar-refractivity contribution in [2.24, 2.45) is 5.73 Å². The number of esters is 1. The van der Waals surface area contributed by atoms with Gasteiger partial charge in [-0.25, -0.2) is 4.79 Å². The minimum atomic E-state index is -0.655. The number of ether oxygens (including phenoxy) is 1. The highest BCUT2D eigenvalue weighted by molar-refractivity contribution is 5.87. The maximum absolute atomic E-state index is 12.3. The third-order valence-corrected chi connectivity index (χ3v) is 3.10. The monoisotopic (exact) mass is 314 g/mol. The number of carbonyl (C=O) groups excluding carboxylic acids is 2. The van der Waals surface area contributed by atoms with E-state index in [4.69, 9.17) is 10.5 Å². The van der Waals surface area contributed by atoms with Crippen molar-refractivity contribution < 1.29 is 14.3 Å². The van der Waals surface area contributed by atoms with Crippen LogP contribution < -0.4 is 5.73 Å². The quantitative estimate of drug-likeness (QED) is 0.812. The summed E-state index contributed by atoms with van der Waals surface area (Å²) in [5.74, 6) is -0.677. The summed E-state index contributed by atoms with van der Waals surface area (Å²) in [5, 5.41) is 0. The summed E-state index contributed by atoms with van der Waals surface area (Å²) in [4.78, 5) is 25.6. The molecule has 21 heavy (non-hydrogen) atoms. The van der Waals surface area contributed by atoms with E-state index in [2.05, 4.69) is 0 Å². The van der Waals surface area contributed by atoms with Gasteiger partial charge in [0.2, 0.25) is 5.91 Å². The van der Waals surface area contributed by atoms with Crippen LogP contribution in [-0.4, -0.2) is 36.0 Å². The molecule has 1 rings (SSSR count). The van der Waals surface area contributed by atoms with Crippen LogP contribution in [0.5, 0.6) is 0 Å². The average Bonchev–Trinajstić information content (AvgIpc) is 2.46. The lowest BCUT2D eigenvalue weighted by Crippen LogP contribution is -2.50. The second-order valence-corrected chi connectivity index (χ2v) is 4.69. The average molecular weight is 315 g/mol. The van der Waals surface area contributed by atoms with E-state index in [0.717, 1.165) is 5.56 Å². The SMILES string of the molecule is CC[C@H](C(=O)OC)N(Cc1ccccc1)C(=O)[C@H](C)N.Cl. The van der Waals surface area contributed by atoms with Crippen molar-refractivity contribution in [3.05, 3.63) is 35.9 Å². The lowest BCUT2D eigenvalue weighted by Gasteiger charge is -2.30. The molecule has 6 heteroatoms. The van der Waals surface area contributed by atoms with Crippen molar-refractivity contribution in [3.63, 3.8) is 0 Å². The van der Waals surface area contributed by atoms with Gasteiger partial charge in [0, 0.05) is 6.54 Å². The lowest BCUT2D eigenvalue weighted by atomic mass is 10.1. The molecule has 2 atom stereocenters. The van der Waals surface area contributed by atoms with Crippen molar-refractivity contribution in [3.8, 4) is 0 Å². The van der Waals surface area contributed by atoms with E-state index in [1.807, 2.05) is 37.3 Å². The zero-order valence-electron chi connectivity index (χ0n) is 12.6. The van der Waals surface area contributed by atoms with Gasteiger partial charge >= 0.3 is 5.97 Å². The molecule has 0 saturated heterocycles. The highest BCUT2D eigenvalue weighted by atomic mass is 35.5. The third kappa shape index (κ3) is 5.36. The van der Waals surface area contributed by atoms with E-state index in [1.165, 1.54) is 12.0 Å². The zero-order valence-corrected chi connectivity index (χ0v) is 13.4. The molecule has 0 aliphatic heterocycles. The van der Waals surface area contributed by atoms with Gasteiger partial charge in [-0.15, -0.1) is 12.4 Å². The number of rotatable bonds is 6. The van der Waals surface area contributed by atoms with Crippen LogP contribution in [0.4, 0.5) is 0 Å². The maximum Gasteiger partial charge on any atom is 0.328 e. The molecule has 5 nitrogen and oxygen atoms in total. The van der Waals surface area contributed by atoms with Crippen LogP contribution in [-0.2, 0) is 20.9 Å². The Bertz CT molecular complexity index is 451. The molecular formula is C15H23ClN2O3. The van der Waals surface area contributed by atoms with E-state index < -0.39 is 18.1 Å². The predicted octanol–water partition coefficient (Wildman–Crippen LogP) is 1.74. The minimum Gasteiger partial charge on any atom is -0.467 e. The summed E-state index contributed by atoms with van der Waals surface area (Å²) >= 11 is 0. The zero-order chi connectivity index (χ0) is 15.1. The molecule has 2 N–H and O–H groups in total. The Labute approximate surface area is 131 Å². The van der Waals surface area contributed by atoms with Gasteiger partial charge in [-0.3, -0.25) is 4.79 Å². The van der Waals surface area contributed by atoms with Gasteiger partial charge in [0.05, 0.1) is 13.2 Å². The second-order valence-electron chi connectivity index (χ2n) is 4.69. The Morgan fingerprint density at radius 2 is 1.86 bits per heavy atom. The van der Waals surface area contributed by atoms with Crippen molar-refractivity contribution in [1.29, 1.82) is 0 Å². The van der Waals surface area contributed by atoms with Crippen molar-refractivity contribution in [1.82, 2.24) is 4.90 Å². The number of benzene rings is 1. The Balaban J connectivity index is 0.00000400. The molecule has 118 valence electrons. The number of hydrogen-bond acceptors (Lipinski definition) is 4. The van der Waals surface area contributed by atoms with E-state index in [-0.39, 0.29) is 18.3 Å². The van der Waals surface area contributed by atoms with Gasteiger partial charge in [0.1, 0.15) is 6.04 Å². The molecule has 0 saturated carbocycles. The molecule has 0 aliphatic carbocycles. The Morgan fingerprint density at radius 3 is 2.29 bits per heavy atom. The minimum absolute atomic E-state index is 0. The number of methoxy groups -OCH3 is 1. The molecule has 0 spiro atoms. The highest BCUT2D eigenvalue weighted by Gasteiger charge is 2.30. The van der Waals surface area contributed by atoms with Gasteiger partial charge in [-0.2, -0.15) is 0 Å². The fraction of sp³-hybridized carbons (Fsp3) is 0.467. The number of carbonyl (C=O) groups is 2. The molecule has 0 heterocycles. The molecule has 0 unspecified atom stereocenters. The Hall–Kier alpha value is -1.59. The second kappa shape index (κ2) is 9.37. The molecule has 1 aromatic carbocycles. The topological polar surface area (TPSA) is 72.6 Å². The molecule has 0 aromatic heterocycles. The maximum atomic E-state index is 12.3.